The molecule has 6 nitrogen and oxygen atoms in total. The Morgan fingerprint density at radius 3 is 2.04 bits per heavy atom. The lowest BCUT2D eigenvalue weighted by molar-refractivity contribution is -0.169. The molecule has 5 aromatic rings. The predicted octanol–water partition coefficient (Wildman–Crippen LogP) is 7.92. The van der Waals surface area contributed by atoms with Gasteiger partial charge in [-0.3, -0.25) is 14.9 Å². The van der Waals surface area contributed by atoms with Crippen molar-refractivity contribution in [1.29, 1.82) is 0 Å². The SMILES string of the molecule is CCOC(=O)[C@@H](NC(c1ccccc1)c1ccccc1)[C@]1(OCc2ccccc2C)C(=O)N(Cc2ccccc2)c2ccc(Cl)cc21. The molecule has 1 heterocycles. The van der Waals surface area contributed by atoms with Crippen molar-refractivity contribution in [3.63, 3.8) is 0 Å². The molecular formula is C40H37ClN2O4. The summed E-state index contributed by atoms with van der Waals surface area (Å²) < 4.78 is 12.7. The molecule has 2 atom stereocenters. The Morgan fingerprint density at radius 2 is 1.43 bits per heavy atom. The molecule has 1 aliphatic heterocycles. The van der Waals surface area contributed by atoms with Gasteiger partial charge in [0.25, 0.3) is 5.91 Å². The fourth-order valence-corrected chi connectivity index (χ4v) is 6.45. The van der Waals surface area contributed by atoms with E-state index in [0.29, 0.717) is 16.3 Å². The Kier molecular flexibility index (Phi) is 9.83. The van der Waals surface area contributed by atoms with Crippen molar-refractivity contribution in [2.24, 2.45) is 0 Å². The fourth-order valence-electron chi connectivity index (χ4n) is 6.27. The molecular weight excluding hydrogens is 608 g/mol. The first-order valence-corrected chi connectivity index (χ1v) is 16.2. The second-order valence-corrected chi connectivity index (χ2v) is 12.0. The van der Waals surface area contributed by atoms with Crippen LogP contribution < -0.4 is 10.2 Å². The number of esters is 1. The molecule has 0 aromatic heterocycles. The lowest BCUT2D eigenvalue weighted by Crippen LogP contribution is -2.60. The van der Waals surface area contributed by atoms with Crippen LogP contribution in [0.4, 0.5) is 5.69 Å². The van der Waals surface area contributed by atoms with Crippen LogP contribution in [-0.4, -0.2) is 24.5 Å². The fraction of sp³-hybridized carbons (Fsp3) is 0.200. The maximum atomic E-state index is 15.2. The van der Waals surface area contributed by atoms with Crippen LogP contribution >= 0.6 is 11.6 Å². The second kappa shape index (κ2) is 14.3. The number of carbonyl (C=O) groups excluding carboxylic acids is 2. The van der Waals surface area contributed by atoms with Gasteiger partial charge >= 0.3 is 5.97 Å². The van der Waals surface area contributed by atoms with Crippen LogP contribution in [0.1, 0.15) is 46.3 Å². The van der Waals surface area contributed by atoms with Crippen LogP contribution in [-0.2, 0) is 37.8 Å². The standard InChI is InChI=1S/C40H37ClN2O4/c1-3-46-38(44)37(42-36(30-18-9-5-10-19-30)31-20-11-6-12-21-31)40(47-27-32-22-14-13-15-28(32)2)34-25-33(41)23-24-35(34)43(39(40)45)26-29-16-7-4-8-17-29/h4-25,36-37,42H,3,26-27H2,1-2H3/t37-,40+/m1/s1. The van der Waals surface area contributed by atoms with Gasteiger partial charge in [-0.2, -0.15) is 0 Å². The first kappa shape index (κ1) is 32.2. The number of anilines is 1. The Morgan fingerprint density at radius 1 is 0.830 bits per heavy atom. The smallest absolute Gasteiger partial charge is 0.327 e. The first-order valence-electron chi connectivity index (χ1n) is 15.8. The molecule has 6 rings (SSSR count). The van der Waals surface area contributed by atoms with Crippen LogP contribution in [0.15, 0.2) is 133 Å². The molecule has 0 aliphatic carbocycles. The van der Waals surface area contributed by atoms with E-state index in [0.717, 1.165) is 27.8 Å². The Labute approximate surface area is 280 Å². The highest BCUT2D eigenvalue weighted by Gasteiger charge is 2.60. The topological polar surface area (TPSA) is 67.9 Å². The van der Waals surface area contributed by atoms with E-state index < -0.39 is 23.7 Å². The number of fused-ring (bicyclic) bond motifs is 1. The lowest BCUT2D eigenvalue weighted by Gasteiger charge is -2.38. The summed E-state index contributed by atoms with van der Waals surface area (Å²) >= 11 is 6.67. The van der Waals surface area contributed by atoms with Crippen molar-refractivity contribution >= 4 is 29.2 Å². The minimum atomic E-state index is -1.83. The van der Waals surface area contributed by atoms with Gasteiger partial charge in [-0.25, -0.2) is 0 Å². The van der Waals surface area contributed by atoms with Gasteiger partial charge < -0.3 is 14.4 Å². The number of hydrogen-bond donors (Lipinski definition) is 1. The summed E-state index contributed by atoms with van der Waals surface area (Å²) in [6.45, 7) is 4.22. The number of hydrogen-bond acceptors (Lipinski definition) is 5. The van der Waals surface area contributed by atoms with Crippen LogP contribution in [0.3, 0.4) is 0 Å². The summed E-state index contributed by atoms with van der Waals surface area (Å²) in [5.74, 6) is -0.979. The van der Waals surface area contributed by atoms with Crippen molar-refractivity contribution in [2.45, 2.75) is 44.7 Å². The molecule has 1 aliphatic rings. The highest BCUT2D eigenvalue weighted by molar-refractivity contribution is 6.31. The molecule has 1 N–H and O–H groups in total. The third-order valence-corrected chi connectivity index (χ3v) is 8.88. The van der Waals surface area contributed by atoms with Crippen molar-refractivity contribution in [1.82, 2.24) is 5.32 Å². The zero-order valence-electron chi connectivity index (χ0n) is 26.4. The maximum Gasteiger partial charge on any atom is 0.327 e. The number of rotatable bonds is 12. The van der Waals surface area contributed by atoms with Crippen LogP contribution in [0, 0.1) is 6.92 Å². The molecule has 0 saturated heterocycles. The number of benzene rings is 5. The minimum Gasteiger partial charge on any atom is -0.465 e. The number of halogens is 1. The quantitative estimate of drug-likeness (QED) is 0.140. The van der Waals surface area contributed by atoms with E-state index in [9.17, 15) is 4.79 Å². The summed E-state index contributed by atoms with van der Waals surface area (Å²) in [4.78, 5) is 31.3. The molecule has 0 bridgehead atoms. The summed E-state index contributed by atoms with van der Waals surface area (Å²) in [7, 11) is 0. The first-order chi connectivity index (χ1) is 22.9. The number of nitrogens with zero attached hydrogens (tertiary/aromatic N) is 1. The molecule has 47 heavy (non-hydrogen) atoms. The molecule has 238 valence electrons. The highest BCUT2D eigenvalue weighted by atomic mass is 35.5. The zero-order chi connectivity index (χ0) is 32.8. The third-order valence-electron chi connectivity index (χ3n) is 8.64. The van der Waals surface area contributed by atoms with Crippen molar-refractivity contribution in [2.75, 3.05) is 11.5 Å². The van der Waals surface area contributed by atoms with E-state index in [-0.39, 0.29) is 25.7 Å². The molecule has 0 saturated carbocycles. The number of carbonyl (C=O) groups is 2. The minimum absolute atomic E-state index is 0.0719. The molecule has 1 amide bonds. The van der Waals surface area contributed by atoms with Gasteiger partial charge in [-0.15, -0.1) is 0 Å². The van der Waals surface area contributed by atoms with Gasteiger partial charge in [-0.05, 0) is 59.9 Å². The molecule has 0 unspecified atom stereocenters. The highest BCUT2D eigenvalue weighted by Crippen LogP contribution is 2.48. The summed E-state index contributed by atoms with van der Waals surface area (Å²) in [5, 5.41) is 4.01. The maximum absolute atomic E-state index is 15.2. The van der Waals surface area contributed by atoms with E-state index in [1.54, 1.807) is 24.0 Å². The number of nitrogens with one attached hydrogen (secondary N) is 1. The van der Waals surface area contributed by atoms with E-state index in [4.69, 9.17) is 21.1 Å². The van der Waals surface area contributed by atoms with Gasteiger partial charge in [0, 0.05) is 10.6 Å². The number of amides is 1. The summed E-state index contributed by atoms with van der Waals surface area (Å²) in [5.41, 5.74) is 3.97. The molecule has 0 spiro atoms. The van der Waals surface area contributed by atoms with Gasteiger partial charge in [-0.1, -0.05) is 127 Å². The monoisotopic (exact) mass is 644 g/mol. The van der Waals surface area contributed by atoms with Gasteiger partial charge in [0.15, 0.2) is 0 Å². The lowest BCUT2D eigenvalue weighted by atomic mass is 9.85. The van der Waals surface area contributed by atoms with Crippen molar-refractivity contribution in [3.05, 3.63) is 172 Å². The van der Waals surface area contributed by atoms with Gasteiger partial charge in [0.2, 0.25) is 5.60 Å². The van der Waals surface area contributed by atoms with E-state index >= 15 is 4.79 Å². The van der Waals surface area contributed by atoms with Gasteiger partial charge in [0.05, 0.1) is 31.5 Å². The average Bonchev–Trinajstić information content (AvgIpc) is 3.32. The second-order valence-electron chi connectivity index (χ2n) is 11.6. The summed E-state index contributed by atoms with van der Waals surface area (Å²) in [6, 6.07) is 40.9. The predicted molar refractivity (Wildman–Crippen MR) is 185 cm³/mol. The molecule has 7 heteroatoms. The average molecular weight is 645 g/mol. The van der Waals surface area contributed by atoms with Crippen LogP contribution in [0.25, 0.3) is 0 Å². The molecule has 0 fully saturated rings. The normalized spacial score (nSPS) is 16.3. The van der Waals surface area contributed by atoms with E-state index in [2.05, 4.69) is 5.32 Å². The number of aryl methyl sites for hydroxylation is 1. The zero-order valence-corrected chi connectivity index (χ0v) is 27.2. The van der Waals surface area contributed by atoms with Crippen LogP contribution in [0.2, 0.25) is 5.02 Å². The van der Waals surface area contributed by atoms with Gasteiger partial charge in [0.1, 0.15) is 6.04 Å². The summed E-state index contributed by atoms with van der Waals surface area (Å²) in [6.07, 6.45) is 0. The Hall–Kier alpha value is -4.75. The van der Waals surface area contributed by atoms with Crippen molar-refractivity contribution in [3.8, 4) is 0 Å². The molecule has 5 aromatic carbocycles. The largest absolute Gasteiger partial charge is 0.465 e. The van der Waals surface area contributed by atoms with E-state index in [1.807, 2.05) is 128 Å². The Balaban J connectivity index is 1.55. The Bertz CT molecular complexity index is 1790. The van der Waals surface area contributed by atoms with Crippen molar-refractivity contribution < 1.29 is 19.1 Å². The van der Waals surface area contributed by atoms with Crippen LogP contribution in [0.5, 0.6) is 0 Å². The number of ether oxygens (including phenoxy) is 2. The third kappa shape index (κ3) is 6.58. The molecule has 0 radical (unpaired) electrons. The van der Waals surface area contributed by atoms with E-state index in [1.165, 1.54) is 0 Å².